The zero-order valence-electron chi connectivity index (χ0n) is 9.97. The first-order chi connectivity index (χ1) is 8.85. The number of nitrogens with two attached hydrogens (primary N) is 1. The number of benzene rings is 1. The average molecular weight is 261 g/mol. The topological polar surface area (TPSA) is 67.1 Å². The fourth-order valence-corrected chi connectivity index (χ4v) is 2.95. The third-order valence-electron chi connectivity index (χ3n) is 3.16. The molecule has 0 atom stereocenters. The average Bonchev–Trinajstić information content (AvgIpc) is 2.86. The van der Waals surface area contributed by atoms with Crippen molar-refractivity contribution in [1.82, 2.24) is 15.1 Å². The van der Waals surface area contributed by atoms with E-state index in [-0.39, 0.29) is 0 Å². The molecule has 3 rings (SSSR count). The lowest BCUT2D eigenvalue weighted by Gasteiger charge is -2.27. The van der Waals surface area contributed by atoms with Gasteiger partial charge in [0, 0.05) is 13.1 Å². The van der Waals surface area contributed by atoms with Crippen molar-refractivity contribution in [3.63, 3.8) is 0 Å². The summed E-state index contributed by atoms with van der Waals surface area (Å²) >= 11 is 1.51. The molecule has 0 saturated carbocycles. The minimum Gasteiger partial charge on any atom is -0.298 e. The number of hydrogen-bond acceptors (Lipinski definition) is 6. The molecule has 2 aromatic rings. The second-order valence-electron chi connectivity index (χ2n) is 4.37. The molecule has 0 unspecified atom stereocenters. The maximum absolute atomic E-state index is 5.30. The number of hydrazine groups is 1. The molecule has 1 aliphatic heterocycles. The van der Waals surface area contributed by atoms with E-state index in [1.807, 2.05) is 0 Å². The number of aromatic nitrogens is 2. The normalized spacial score (nSPS) is 15.4. The van der Waals surface area contributed by atoms with Crippen LogP contribution in [0.5, 0.6) is 0 Å². The molecule has 0 spiro atoms. The van der Waals surface area contributed by atoms with Crippen LogP contribution in [-0.4, -0.2) is 21.6 Å². The van der Waals surface area contributed by atoms with Gasteiger partial charge in [0.1, 0.15) is 5.01 Å². The summed E-state index contributed by atoms with van der Waals surface area (Å²) in [6, 6.07) is 8.63. The molecular weight excluding hydrogens is 246 g/mol. The molecule has 1 aromatic carbocycles. The fourth-order valence-electron chi connectivity index (χ4n) is 2.26. The van der Waals surface area contributed by atoms with Gasteiger partial charge < -0.3 is 0 Å². The van der Waals surface area contributed by atoms with Crippen LogP contribution in [0.2, 0.25) is 0 Å². The van der Waals surface area contributed by atoms with Gasteiger partial charge in [-0.1, -0.05) is 35.6 Å². The standard InChI is InChI=1S/C12H15N5S/c13-14-12-16-15-11(18-12)8-17-6-5-9-3-1-2-4-10(9)7-17/h1-4H,5-8,13H2,(H,14,16). The van der Waals surface area contributed by atoms with Gasteiger partial charge in [-0.3, -0.25) is 10.3 Å². The molecule has 18 heavy (non-hydrogen) atoms. The number of nitrogens with zero attached hydrogens (tertiary/aromatic N) is 3. The fraction of sp³-hybridized carbons (Fsp3) is 0.333. The van der Waals surface area contributed by atoms with Gasteiger partial charge in [0.2, 0.25) is 5.13 Å². The minimum absolute atomic E-state index is 0.669. The molecule has 6 heteroatoms. The first-order valence-corrected chi connectivity index (χ1v) is 6.75. The van der Waals surface area contributed by atoms with Crippen molar-refractivity contribution in [2.75, 3.05) is 12.0 Å². The largest absolute Gasteiger partial charge is 0.298 e. The highest BCUT2D eigenvalue weighted by Crippen LogP contribution is 2.22. The van der Waals surface area contributed by atoms with E-state index < -0.39 is 0 Å². The number of hydrogen-bond donors (Lipinski definition) is 2. The van der Waals surface area contributed by atoms with Crippen molar-refractivity contribution in [3.05, 3.63) is 40.4 Å². The molecular formula is C12H15N5S. The summed E-state index contributed by atoms with van der Waals surface area (Å²) in [5, 5.41) is 9.74. The number of nitrogens with one attached hydrogen (secondary N) is 1. The van der Waals surface area contributed by atoms with E-state index in [4.69, 9.17) is 5.84 Å². The Kier molecular flexibility index (Phi) is 3.22. The third kappa shape index (κ3) is 2.35. The molecule has 0 radical (unpaired) electrons. The third-order valence-corrected chi connectivity index (χ3v) is 4.00. The van der Waals surface area contributed by atoms with Crippen molar-refractivity contribution >= 4 is 16.5 Å². The summed E-state index contributed by atoms with van der Waals surface area (Å²) < 4.78 is 0. The number of fused-ring (bicyclic) bond motifs is 1. The highest BCUT2D eigenvalue weighted by atomic mass is 32.1. The molecule has 3 N–H and O–H groups in total. The van der Waals surface area contributed by atoms with Crippen molar-refractivity contribution in [2.24, 2.45) is 5.84 Å². The lowest BCUT2D eigenvalue weighted by Crippen LogP contribution is -2.29. The molecule has 0 bridgehead atoms. The maximum Gasteiger partial charge on any atom is 0.219 e. The van der Waals surface area contributed by atoms with Gasteiger partial charge in [0.15, 0.2) is 0 Å². The Bertz CT molecular complexity index is 539. The van der Waals surface area contributed by atoms with Crippen LogP contribution in [-0.2, 0) is 19.5 Å². The molecule has 1 aliphatic rings. The van der Waals surface area contributed by atoms with Crippen LogP contribution in [0, 0.1) is 0 Å². The van der Waals surface area contributed by atoms with Crippen LogP contribution in [0.25, 0.3) is 0 Å². The Labute approximate surface area is 110 Å². The van der Waals surface area contributed by atoms with Crippen LogP contribution < -0.4 is 11.3 Å². The Hall–Kier alpha value is -1.50. The molecule has 0 saturated heterocycles. The molecule has 5 nitrogen and oxygen atoms in total. The van der Waals surface area contributed by atoms with Crippen LogP contribution in [0.3, 0.4) is 0 Å². The van der Waals surface area contributed by atoms with Gasteiger partial charge >= 0.3 is 0 Å². The Morgan fingerprint density at radius 3 is 2.89 bits per heavy atom. The van der Waals surface area contributed by atoms with E-state index in [9.17, 15) is 0 Å². The number of nitrogen functional groups attached to an aromatic ring is 1. The van der Waals surface area contributed by atoms with Crippen molar-refractivity contribution in [2.45, 2.75) is 19.5 Å². The summed E-state index contributed by atoms with van der Waals surface area (Å²) in [6.07, 6.45) is 1.11. The molecule has 2 heterocycles. The highest BCUT2D eigenvalue weighted by Gasteiger charge is 2.17. The quantitative estimate of drug-likeness (QED) is 0.645. The second-order valence-corrected chi connectivity index (χ2v) is 5.44. The van der Waals surface area contributed by atoms with E-state index in [0.717, 1.165) is 31.1 Å². The number of anilines is 1. The predicted octanol–water partition coefficient (Wildman–Crippen LogP) is 1.38. The van der Waals surface area contributed by atoms with Gasteiger partial charge in [0.05, 0.1) is 6.54 Å². The zero-order valence-corrected chi connectivity index (χ0v) is 10.8. The lowest BCUT2D eigenvalue weighted by molar-refractivity contribution is 0.244. The Morgan fingerprint density at radius 1 is 1.28 bits per heavy atom. The summed E-state index contributed by atoms with van der Waals surface area (Å²) in [6.45, 7) is 2.90. The van der Waals surface area contributed by atoms with Crippen LogP contribution in [0.1, 0.15) is 16.1 Å². The van der Waals surface area contributed by atoms with Crippen molar-refractivity contribution < 1.29 is 0 Å². The van der Waals surface area contributed by atoms with E-state index in [1.165, 1.54) is 22.5 Å². The first-order valence-electron chi connectivity index (χ1n) is 5.93. The Balaban J connectivity index is 1.69. The smallest absolute Gasteiger partial charge is 0.219 e. The van der Waals surface area contributed by atoms with Crippen molar-refractivity contribution in [1.29, 1.82) is 0 Å². The van der Waals surface area contributed by atoms with Crippen molar-refractivity contribution in [3.8, 4) is 0 Å². The predicted molar refractivity (Wildman–Crippen MR) is 72.0 cm³/mol. The van der Waals surface area contributed by atoms with Gasteiger partial charge in [-0.2, -0.15) is 0 Å². The van der Waals surface area contributed by atoms with E-state index >= 15 is 0 Å². The van der Waals surface area contributed by atoms with Crippen LogP contribution >= 0.6 is 11.3 Å². The Morgan fingerprint density at radius 2 is 2.11 bits per heavy atom. The van der Waals surface area contributed by atoms with Gasteiger partial charge in [-0.05, 0) is 17.5 Å². The maximum atomic E-state index is 5.30. The van der Waals surface area contributed by atoms with E-state index in [1.54, 1.807) is 0 Å². The van der Waals surface area contributed by atoms with Gasteiger partial charge in [-0.25, -0.2) is 5.84 Å². The highest BCUT2D eigenvalue weighted by molar-refractivity contribution is 7.15. The summed E-state index contributed by atoms with van der Waals surface area (Å²) in [7, 11) is 0. The van der Waals surface area contributed by atoms with Crippen LogP contribution in [0.15, 0.2) is 24.3 Å². The number of rotatable bonds is 3. The summed E-state index contributed by atoms with van der Waals surface area (Å²) in [4.78, 5) is 2.39. The monoisotopic (exact) mass is 261 g/mol. The van der Waals surface area contributed by atoms with Gasteiger partial charge in [-0.15, -0.1) is 10.2 Å². The molecule has 0 aliphatic carbocycles. The summed E-state index contributed by atoms with van der Waals surface area (Å²) in [5.74, 6) is 5.30. The minimum atomic E-state index is 0.669. The molecule has 0 amide bonds. The summed E-state index contributed by atoms with van der Waals surface area (Å²) in [5.41, 5.74) is 5.42. The first kappa shape index (κ1) is 11.6. The second kappa shape index (κ2) is 5.01. The van der Waals surface area contributed by atoms with E-state index in [0.29, 0.717) is 5.13 Å². The molecule has 1 aromatic heterocycles. The molecule has 94 valence electrons. The SMILES string of the molecule is NNc1nnc(CN2CCc3ccccc3C2)s1. The van der Waals surface area contributed by atoms with Crippen LogP contribution in [0.4, 0.5) is 5.13 Å². The zero-order chi connectivity index (χ0) is 12.4. The molecule has 0 fully saturated rings. The lowest BCUT2D eigenvalue weighted by atomic mass is 10.0. The van der Waals surface area contributed by atoms with E-state index in [2.05, 4.69) is 44.8 Å². The van der Waals surface area contributed by atoms with Gasteiger partial charge in [0.25, 0.3) is 0 Å².